The number of alkyl halides is 5. The maximum atomic E-state index is 13.3. The topological polar surface area (TPSA) is 76.9 Å². The maximum absolute atomic E-state index is 13.3. The van der Waals surface area contributed by atoms with Crippen LogP contribution in [0.3, 0.4) is 0 Å². The van der Waals surface area contributed by atoms with Crippen LogP contribution in [0.4, 0.5) is 26.3 Å². The van der Waals surface area contributed by atoms with Crippen molar-refractivity contribution in [2.24, 2.45) is 0 Å². The Morgan fingerprint density at radius 3 is 2.41 bits per heavy atom. The molecule has 1 N–H and O–H groups in total. The van der Waals surface area contributed by atoms with Gasteiger partial charge in [0.2, 0.25) is 0 Å². The molecule has 0 saturated heterocycles. The molecule has 0 unspecified atom stereocenters. The van der Waals surface area contributed by atoms with E-state index < -0.39 is 48.4 Å². The average molecular weight is 555 g/mol. The highest BCUT2D eigenvalue weighted by molar-refractivity contribution is 5.92. The number of halogens is 6. The van der Waals surface area contributed by atoms with Crippen molar-refractivity contribution in [2.45, 2.75) is 64.1 Å². The molecule has 0 spiro atoms. The Labute approximate surface area is 221 Å². The van der Waals surface area contributed by atoms with Gasteiger partial charge in [-0.05, 0) is 61.6 Å². The van der Waals surface area contributed by atoms with E-state index in [1.807, 2.05) is 18.3 Å². The number of benzene rings is 1. The second kappa shape index (κ2) is 13.4. The maximum Gasteiger partial charge on any atom is 0.418 e. The van der Waals surface area contributed by atoms with Gasteiger partial charge in [0.25, 0.3) is 17.9 Å². The van der Waals surface area contributed by atoms with Crippen molar-refractivity contribution in [1.29, 1.82) is 0 Å². The zero-order valence-electron chi connectivity index (χ0n) is 21.1. The summed E-state index contributed by atoms with van der Waals surface area (Å²) < 4.78 is 77.8. The van der Waals surface area contributed by atoms with Gasteiger partial charge in [-0.1, -0.05) is 31.4 Å². The number of carbonyl (C=O) groups excluding carboxylic acids is 1. The quantitative estimate of drug-likeness (QED) is 0.386. The molecule has 1 amide bonds. The van der Waals surface area contributed by atoms with E-state index in [-0.39, 0.29) is 23.0 Å². The fourth-order valence-corrected chi connectivity index (χ4v) is 4.32. The van der Waals surface area contributed by atoms with E-state index >= 15 is 0 Å². The van der Waals surface area contributed by atoms with Crippen molar-refractivity contribution in [2.75, 3.05) is 6.54 Å². The third-order valence-electron chi connectivity index (χ3n) is 6.17. The van der Waals surface area contributed by atoms with E-state index in [0.29, 0.717) is 12.8 Å². The lowest BCUT2D eigenvalue weighted by molar-refractivity contribution is -0.138. The molecule has 6 nitrogen and oxygen atoms in total. The zero-order chi connectivity index (χ0) is 28.6. The van der Waals surface area contributed by atoms with Crippen LogP contribution in [0.2, 0.25) is 0 Å². The number of rotatable bonds is 6. The minimum absolute atomic E-state index is 0.162. The number of aromatic nitrogens is 3. The van der Waals surface area contributed by atoms with E-state index in [0.717, 1.165) is 47.8 Å². The van der Waals surface area contributed by atoms with Gasteiger partial charge in [0.15, 0.2) is 0 Å². The van der Waals surface area contributed by atoms with Crippen LogP contribution < -0.4 is 10.9 Å². The summed E-state index contributed by atoms with van der Waals surface area (Å²) in [7, 11) is 0. The molecule has 2 aromatic heterocycles. The number of nitrogens with zero attached hydrogens (tertiary/aromatic N) is 3. The van der Waals surface area contributed by atoms with Crippen LogP contribution in [0.25, 0.3) is 0 Å². The van der Waals surface area contributed by atoms with Gasteiger partial charge in [-0.3, -0.25) is 14.6 Å². The van der Waals surface area contributed by atoms with Crippen LogP contribution in [-0.4, -0.2) is 33.6 Å². The molecule has 3 aromatic rings. The molecule has 1 aromatic carbocycles. The molecule has 1 aliphatic carbocycles. The lowest BCUT2D eigenvalue weighted by Crippen LogP contribution is -2.35. The Kier molecular flexibility index (Phi) is 10.2. The first-order valence-corrected chi connectivity index (χ1v) is 12.4. The Hall–Kier alpha value is -3.70. The number of hydrogen-bond acceptors (Lipinski definition) is 4. The fraction of sp³-hybridized carbons (Fsp3) is 0.407. The zero-order valence-corrected chi connectivity index (χ0v) is 21.1. The summed E-state index contributed by atoms with van der Waals surface area (Å²) in [6, 6.07) is 9.73. The minimum atomic E-state index is -4.69. The first-order valence-electron chi connectivity index (χ1n) is 12.4. The van der Waals surface area contributed by atoms with Gasteiger partial charge >= 0.3 is 6.18 Å². The highest BCUT2D eigenvalue weighted by Gasteiger charge is 2.34. The molecular weight excluding hydrogens is 526 g/mol. The second-order valence-electron chi connectivity index (χ2n) is 9.18. The highest BCUT2D eigenvalue weighted by atomic mass is 19.4. The van der Waals surface area contributed by atoms with Gasteiger partial charge in [-0.15, -0.1) is 0 Å². The molecule has 1 saturated carbocycles. The van der Waals surface area contributed by atoms with Crippen molar-refractivity contribution in [1.82, 2.24) is 20.1 Å². The Bertz CT molecular complexity index is 1300. The Morgan fingerprint density at radius 1 is 1.10 bits per heavy atom. The first kappa shape index (κ1) is 29.9. The van der Waals surface area contributed by atoms with E-state index in [9.17, 15) is 35.9 Å². The molecule has 2 heterocycles. The summed E-state index contributed by atoms with van der Waals surface area (Å²) in [5.41, 5.74) is -1.15. The monoisotopic (exact) mass is 554 g/mol. The SMILES string of the molecule is Cc1cccc(F)c1.O=C(NCC(F)F)c1cc(C2CCCCC2)c(=O)n(Cc2ncccc2C(F)(F)F)n1. The molecule has 0 bridgehead atoms. The first-order chi connectivity index (χ1) is 18.5. The van der Waals surface area contributed by atoms with Crippen molar-refractivity contribution >= 4 is 5.91 Å². The summed E-state index contributed by atoms with van der Waals surface area (Å²) in [4.78, 5) is 29.1. The summed E-state index contributed by atoms with van der Waals surface area (Å²) in [6.45, 7) is 0.351. The Balaban J connectivity index is 0.000000449. The van der Waals surface area contributed by atoms with Gasteiger partial charge in [0.05, 0.1) is 24.3 Å². The Morgan fingerprint density at radius 2 is 1.82 bits per heavy atom. The van der Waals surface area contributed by atoms with Crippen LogP contribution in [0, 0.1) is 12.7 Å². The standard InChI is InChI=1S/C20H21F5N4O2.C7H7F/c21-17(22)10-27-18(30)15-9-13(12-5-2-1-3-6-12)19(31)29(28-15)11-16-14(20(23,24)25)7-4-8-26-16;1-6-3-2-4-7(8)5-6/h4,7-9,12,17H,1-3,5-6,10-11H2,(H,27,30);2-5H,1H3. The van der Waals surface area contributed by atoms with Crippen LogP contribution >= 0.6 is 0 Å². The highest BCUT2D eigenvalue weighted by Crippen LogP contribution is 2.32. The van der Waals surface area contributed by atoms with Crippen LogP contribution in [0.15, 0.2) is 53.5 Å². The summed E-state index contributed by atoms with van der Waals surface area (Å²) in [5.74, 6) is -1.27. The van der Waals surface area contributed by atoms with Gasteiger partial charge in [0.1, 0.15) is 11.5 Å². The molecule has 1 aliphatic rings. The summed E-state index contributed by atoms with van der Waals surface area (Å²) in [6.07, 6.45) is -2.18. The second-order valence-corrected chi connectivity index (χ2v) is 9.18. The molecule has 1 fully saturated rings. The predicted molar refractivity (Wildman–Crippen MR) is 132 cm³/mol. The third kappa shape index (κ3) is 8.66. The van der Waals surface area contributed by atoms with Crippen LogP contribution in [0.5, 0.6) is 0 Å². The smallest absolute Gasteiger partial charge is 0.345 e. The van der Waals surface area contributed by atoms with Crippen molar-refractivity contribution in [3.05, 3.63) is 92.9 Å². The number of carbonyl (C=O) groups is 1. The van der Waals surface area contributed by atoms with Crippen molar-refractivity contribution < 1.29 is 31.1 Å². The molecule has 0 radical (unpaired) electrons. The molecule has 0 atom stereocenters. The molecule has 4 rings (SSSR count). The lowest BCUT2D eigenvalue weighted by Gasteiger charge is -2.22. The molecule has 39 heavy (non-hydrogen) atoms. The third-order valence-corrected chi connectivity index (χ3v) is 6.17. The van der Waals surface area contributed by atoms with Crippen LogP contribution in [-0.2, 0) is 12.7 Å². The van der Waals surface area contributed by atoms with Gasteiger partial charge in [-0.25, -0.2) is 17.9 Å². The van der Waals surface area contributed by atoms with Crippen molar-refractivity contribution in [3.8, 4) is 0 Å². The van der Waals surface area contributed by atoms with Crippen molar-refractivity contribution in [3.63, 3.8) is 0 Å². The predicted octanol–water partition coefficient (Wildman–Crippen LogP) is 5.88. The molecule has 12 heteroatoms. The van der Waals surface area contributed by atoms with Crippen LogP contribution in [0.1, 0.15) is 70.9 Å². The van der Waals surface area contributed by atoms with Gasteiger partial charge in [0, 0.05) is 11.8 Å². The summed E-state index contributed by atoms with van der Waals surface area (Å²) in [5, 5.41) is 5.88. The van der Waals surface area contributed by atoms with E-state index in [1.54, 1.807) is 6.07 Å². The fourth-order valence-electron chi connectivity index (χ4n) is 4.32. The van der Waals surface area contributed by atoms with E-state index in [2.05, 4.69) is 10.1 Å². The number of nitrogens with one attached hydrogen (secondary N) is 1. The number of amides is 1. The summed E-state index contributed by atoms with van der Waals surface area (Å²) >= 11 is 0. The van der Waals surface area contributed by atoms with Gasteiger partial charge < -0.3 is 5.32 Å². The molecule has 0 aliphatic heterocycles. The molecular formula is C27H28F6N4O2. The number of aryl methyl sites for hydroxylation is 1. The largest absolute Gasteiger partial charge is 0.418 e. The number of pyridine rings is 1. The molecule has 210 valence electrons. The lowest BCUT2D eigenvalue weighted by atomic mass is 9.84. The van der Waals surface area contributed by atoms with E-state index in [1.165, 1.54) is 18.2 Å². The van der Waals surface area contributed by atoms with E-state index in [4.69, 9.17) is 0 Å². The average Bonchev–Trinajstić information content (AvgIpc) is 2.89. The minimum Gasteiger partial charge on any atom is -0.345 e. The normalized spacial score (nSPS) is 14.1. The van der Waals surface area contributed by atoms with Gasteiger partial charge in [-0.2, -0.15) is 18.3 Å². The number of hydrogen-bond donors (Lipinski definition) is 1.